The molecule has 0 saturated carbocycles. The fourth-order valence-electron chi connectivity index (χ4n) is 3.83. The summed E-state index contributed by atoms with van der Waals surface area (Å²) in [6.45, 7) is 5.91. The fraction of sp³-hybridized carbons (Fsp3) is 0.391. The van der Waals surface area contributed by atoms with Crippen LogP contribution in [-0.2, 0) is 7.05 Å². The van der Waals surface area contributed by atoms with E-state index in [1.807, 2.05) is 13.8 Å². The van der Waals surface area contributed by atoms with E-state index >= 15 is 0 Å². The molecule has 3 rings (SSSR count). The molecule has 162 valence electrons. The zero-order valence-corrected chi connectivity index (χ0v) is 18.3. The Hall–Kier alpha value is -3.60. The van der Waals surface area contributed by atoms with Crippen molar-refractivity contribution in [2.75, 3.05) is 13.7 Å². The van der Waals surface area contributed by atoms with Crippen LogP contribution in [0.4, 0.5) is 4.79 Å². The number of benzene rings is 1. The number of nitrogens with zero attached hydrogens (tertiary/aromatic N) is 4. The molecule has 0 aliphatic heterocycles. The van der Waals surface area contributed by atoms with Gasteiger partial charge >= 0.3 is 6.09 Å². The number of fused-ring (bicyclic) bond motifs is 3. The van der Waals surface area contributed by atoms with E-state index in [9.17, 15) is 20.0 Å². The van der Waals surface area contributed by atoms with Crippen LogP contribution < -0.4 is 10.3 Å². The number of carbonyl (C=O) groups is 1. The quantitative estimate of drug-likeness (QED) is 0.607. The molecule has 2 aromatic heterocycles. The van der Waals surface area contributed by atoms with E-state index in [0.717, 1.165) is 10.8 Å². The average Bonchev–Trinajstić information content (AvgIpc) is 2.73. The highest BCUT2D eigenvalue weighted by Crippen LogP contribution is 2.30. The Kier molecular flexibility index (Phi) is 6.16. The lowest BCUT2D eigenvalue weighted by atomic mass is 10.0. The molecular weight excluding hydrogens is 396 g/mol. The van der Waals surface area contributed by atoms with Gasteiger partial charge < -0.3 is 19.3 Å². The van der Waals surface area contributed by atoms with Crippen LogP contribution in [0.15, 0.2) is 29.2 Å². The van der Waals surface area contributed by atoms with Crippen LogP contribution in [-0.4, -0.2) is 45.3 Å². The Labute approximate surface area is 180 Å². The molecular formula is C23H26N4O4. The van der Waals surface area contributed by atoms with E-state index in [0.29, 0.717) is 34.3 Å². The summed E-state index contributed by atoms with van der Waals surface area (Å²) in [5.41, 5.74) is 1.41. The maximum absolute atomic E-state index is 12.9. The minimum Gasteiger partial charge on any atom is -0.490 e. The first-order valence-corrected chi connectivity index (χ1v) is 10.1. The number of rotatable bonds is 6. The Balaban J connectivity index is 2.10. The minimum absolute atomic E-state index is 0.103. The maximum Gasteiger partial charge on any atom is 0.407 e. The van der Waals surface area contributed by atoms with Crippen LogP contribution in [0, 0.1) is 24.2 Å². The van der Waals surface area contributed by atoms with Crippen LogP contribution >= 0.6 is 0 Å². The van der Waals surface area contributed by atoms with E-state index < -0.39 is 6.09 Å². The van der Waals surface area contributed by atoms with Gasteiger partial charge in [0.15, 0.2) is 0 Å². The molecule has 1 amide bonds. The lowest BCUT2D eigenvalue weighted by Crippen LogP contribution is -2.41. The van der Waals surface area contributed by atoms with Gasteiger partial charge in [0.1, 0.15) is 18.4 Å². The third kappa shape index (κ3) is 4.17. The highest BCUT2D eigenvalue weighted by Gasteiger charge is 2.22. The Morgan fingerprint density at radius 3 is 2.68 bits per heavy atom. The van der Waals surface area contributed by atoms with E-state index in [-0.39, 0.29) is 24.1 Å². The molecule has 0 saturated heterocycles. The second-order valence-electron chi connectivity index (χ2n) is 8.15. The molecule has 1 atom stereocenters. The smallest absolute Gasteiger partial charge is 0.407 e. The lowest BCUT2D eigenvalue weighted by molar-refractivity contribution is 0.110. The summed E-state index contributed by atoms with van der Waals surface area (Å²) in [6.07, 6.45) is 1.23. The van der Waals surface area contributed by atoms with Crippen LogP contribution in [0.5, 0.6) is 5.75 Å². The first kappa shape index (κ1) is 22.1. The van der Waals surface area contributed by atoms with Gasteiger partial charge in [-0.25, -0.2) is 4.79 Å². The number of aromatic nitrogens is 2. The molecule has 8 nitrogen and oxygen atoms in total. The van der Waals surface area contributed by atoms with Crippen LogP contribution in [0.1, 0.15) is 31.5 Å². The number of ether oxygens (including phenoxy) is 1. The number of likely N-dealkylation sites (N-methyl/N-ethyl adjacent to an activating group) is 1. The van der Waals surface area contributed by atoms with Crippen molar-refractivity contribution in [3.8, 4) is 11.8 Å². The van der Waals surface area contributed by atoms with Gasteiger partial charge in [-0.2, -0.15) is 5.26 Å². The van der Waals surface area contributed by atoms with Gasteiger partial charge in [0.25, 0.3) is 5.56 Å². The summed E-state index contributed by atoms with van der Waals surface area (Å²) in [7, 11) is 3.18. The van der Waals surface area contributed by atoms with Gasteiger partial charge in [-0.3, -0.25) is 9.78 Å². The number of hydrogen-bond donors (Lipinski definition) is 1. The Morgan fingerprint density at radius 1 is 1.35 bits per heavy atom. The molecule has 0 radical (unpaired) electrons. The number of carboxylic acid groups (broad SMARTS) is 1. The summed E-state index contributed by atoms with van der Waals surface area (Å²) < 4.78 is 7.47. The molecule has 3 aromatic rings. The van der Waals surface area contributed by atoms with Crippen LogP contribution in [0.2, 0.25) is 0 Å². The molecule has 1 N–H and O–H groups in total. The topological polar surface area (TPSA) is 108 Å². The normalized spacial score (nSPS) is 12.2. The first-order chi connectivity index (χ1) is 14.6. The highest BCUT2D eigenvalue weighted by atomic mass is 16.5. The molecule has 0 bridgehead atoms. The first-order valence-electron chi connectivity index (χ1n) is 10.1. The zero-order chi connectivity index (χ0) is 22.9. The highest BCUT2D eigenvalue weighted by molar-refractivity contribution is 6.07. The summed E-state index contributed by atoms with van der Waals surface area (Å²) in [5.74, 6) is 0.592. The number of amides is 1. The fourth-order valence-corrected chi connectivity index (χ4v) is 3.83. The van der Waals surface area contributed by atoms with Crippen molar-refractivity contribution < 1.29 is 14.6 Å². The van der Waals surface area contributed by atoms with E-state index in [2.05, 4.69) is 11.1 Å². The zero-order valence-electron chi connectivity index (χ0n) is 18.3. The third-order valence-corrected chi connectivity index (χ3v) is 5.55. The Bertz CT molecular complexity index is 1260. The van der Waals surface area contributed by atoms with Crippen molar-refractivity contribution in [1.29, 1.82) is 5.26 Å². The predicted octanol–water partition coefficient (Wildman–Crippen LogP) is 3.67. The summed E-state index contributed by atoms with van der Waals surface area (Å²) in [6, 6.07) is 6.96. The molecule has 0 fully saturated rings. The summed E-state index contributed by atoms with van der Waals surface area (Å²) in [4.78, 5) is 29.8. The maximum atomic E-state index is 12.9. The van der Waals surface area contributed by atoms with Crippen molar-refractivity contribution in [1.82, 2.24) is 14.5 Å². The molecule has 8 heteroatoms. The molecule has 0 aliphatic rings. The predicted molar refractivity (Wildman–Crippen MR) is 118 cm³/mol. The van der Waals surface area contributed by atoms with Crippen LogP contribution in [0.25, 0.3) is 21.7 Å². The SMILES string of the molecule is Cc1nccc2c1c(=O)n(C)c1cc(OCC(CC(C)C)N(C)C(=O)O)c(C#N)cc21. The second kappa shape index (κ2) is 8.64. The lowest BCUT2D eigenvalue weighted by Gasteiger charge is -2.27. The van der Waals surface area contributed by atoms with Crippen LogP contribution in [0.3, 0.4) is 0 Å². The largest absolute Gasteiger partial charge is 0.490 e. The molecule has 0 aliphatic carbocycles. The van der Waals surface area contributed by atoms with Crippen molar-refractivity contribution in [3.63, 3.8) is 0 Å². The number of aryl methyl sites for hydroxylation is 2. The van der Waals surface area contributed by atoms with E-state index in [1.54, 1.807) is 38.4 Å². The number of pyridine rings is 2. The van der Waals surface area contributed by atoms with Gasteiger partial charge in [0, 0.05) is 31.7 Å². The van der Waals surface area contributed by atoms with E-state index in [4.69, 9.17) is 4.74 Å². The van der Waals surface area contributed by atoms with Crippen molar-refractivity contribution >= 4 is 27.8 Å². The van der Waals surface area contributed by atoms with Gasteiger partial charge in [-0.1, -0.05) is 13.8 Å². The average molecular weight is 422 g/mol. The van der Waals surface area contributed by atoms with Crippen molar-refractivity contribution in [2.45, 2.75) is 33.2 Å². The minimum atomic E-state index is -1.04. The molecule has 1 unspecified atom stereocenters. The van der Waals surface area contributed by atoms with Gasteiger partial charge in [-0.05, 0) is 36.8 Å². The monoisotopic (exact) mass is 422 g/mol. The molecule has 31 heavy (non-hydrogen) atoms. The van der Waals surface area contributed by atoms with Gasteiger partial charge in [-0.15, -0.1) is 0 Å². The number of hydrogen-bond acceptors (Lipinski definition) is 5. The molecule has 1 aromatic carbocycles. The third-order valence-electron chi connectivity index (χ3n) is 5.55. The van der Waals surface area contributed by atoms with Gasteiger partial charge in [0.05, 0.1) is 28.2 Å². The Morgan fingerprint density at radius 2 is 2.06 bits per heavy atom. The summed E-state index contributed by atoms with van der Waals surface area (Å²) >= 11 is 0. The van der Waals surface area contributed by atoms with E-state index in [1.165, 1.54) is 16.5 Å². The standard InChI is InChI=1S/C23H26N4O4/c1-13(2)8-16(26(4)23(29)30)12-31-20-10-19-18(9-15(20)11-24)17-6-7-25-14(3)21(17)22(28)27(19)5/h6-7,9-10,13,16H,8,12H2,1-5H3,(H,29,30). The van der Waals surface area contributed by atoms with Gasteiger partial charge in [0.2, 0.25) is 0 Å². The second-order valence-corrected chi connectivity index (χ2v) is 8.15. The molecule has 2 heterocycles. The summed E-state index contributed by atoms with van der Waals surface area (Å²) in [5, 5.41) is 21.1. The van der Waals surface area contributed by atoms with Crippen molar-refractivity contribution in [3.05, 3.63) is 46.0 Å². The van der Waals surface area contributed by atoms with Crippen molar-refractivity contribution in [2.24, 2.45) is 13.0 Å². The molecule has 0 spiro atoms. The number of nitriles is 1.